The van der Waals surface area contributed by atoms with Gasteiger partial charge in [0.05, 0.1) is 6.54 Å². The first kappa shape index (κ1) is 10.0. The number of aromatic nitrogens is 2. The second-order valence-corrected chi connectivity index (χ2v) is 4.06. The van der Waals surface area contributed by atoms with Gasteiger partial charge in [0.15, 0.2) is 0 Å². The average Bonchev–Trinajstić information content (AvgIpc) is 2.68. The van der Waals surface area contributed by atoms with E-state index in [0.717, 1.165) is 19.0 Å². The van der Waals surface area contributed by atoms with Crippen LogP contribution < -0.4 is 10.2 Å². The molecule has 0 spiro atoms. The summed E-state index contributed by atoms with van der Waals surface area (Å²) >= 11 is 0. The van der Waals surface area contributed by atoms with E-state index in [9.17, 15) is 4.79 Å². The Labute approximate surface area is 89.1 Å². The molecule has 0 saturated heterocycles. The van der Waals surface area contributed by atoms with Crippen LogP contribution in [0.3, 0.4) is 0 Å². The Kier molecular flexibility index (Phi) is 2.62. The zero-order valence-corrected chi connectivity index (χ0v) is 9.10. The monoisotopic (exact) mass is 208 g/mol. The Bertz CT molecular complexity index is 358. The highest BCUT2D eigenvalue weighted by Gasteiger charge is 2.21. The van der Waals surface area contributed by atoms with Crippen molar-refractivity contribution in [1.29, 1.82) is 0 Å². The summed E-state index contributed by atoms with van der Waals surface area (Å²) in [6, 6.07) is 0.194. The molecule has 1 N–H and O–H groups in total. The molecule has 2 rings (SSSR count). The van der Waals surface area contributed by atoms with Gasteiger partial charge in [-0.2, -0.15) is 0 Å². The fourth-order valence-electron chi connectivity index (χ4n) is 1.78. The Morgan fingerprint density at radius 1 is 1.60 bits per heavy atom. The van der Waals surface area contributed by atoms with Crippen LogP contribution in [0.1, 0.15) is 13.8 Å². The molecular weight excluding hydrogens is 192 g/mol. The van der Waals surface area contributed by atoms with Crippen molar-refractivity contribution in [3.63, 3.8) is 0 Å². The molecule has 0 fully saturated rings. The molecule has 1 aromatic rings. The van der Waals surface area contributed by atoms with Gasteiger partial charge in [-0.3, -0.25) is 4.79 Å². The van der Waals surface area contributed by atoms with Crippen LogP contribution in [0.5, 0.6) is 0 Å². The second kappa shape index (κ2) is 3.92. The number of hydrogen-bond donors (Lipinski definition) is 1. The van der Waals surface area contributed by atoms with Crippen LogP contribution in [0, 0.1) is 0 Å². The average molecular weight is 208 g/mol. The van der Waals surface area contributed by atoms with Gasteiger partial charge in [-0.25, -0.2) is 4.98 Å². The maximum absolute atomic E-state index is 11.6. The number of amides is 1. The Morgan fingerprint density at radius 2 is 2.40 bits per heavy atom. The molecule has 0 bridgehead atoms. The van der Waals surface area contributed by atoms with E-state index in [1.165, 1.54) is 0 Å². The predicted octanol–water partition coefficient (Wildman–Crippen LogP) is 0.228. The van der Waals surface area contributed by atoms with Crippen LogP contribution in [0.15, 0.2) is 12.4 Å². The third-order valence-electron chi connectivity index (χ3n) is 2.37. The highest BCUT2D eigenvalue weighted by atomic mass is 16.2. The minimum Gasteiger partial charge on any atom is -0.352 e. The quantitative estimate of drug-likeness (QED) is 0.773. The number of anilines is 1. The molecule has 2 heterocycles. The number of hydrogen-bond acceptors (Lipinski definition) is 3. The lowest BCUT2D eigenvalue weighted by molar-refractivity contribution is -0.120. The number of nitrogens with zero attached hydrogens (tertiary/aromatic N) is 3. The molecule has 5 heteroatoms. The Balaban J connectivity index is 1.95. The number of rotatable bonds is 3. The van der Waals surface area contributed by atoms with E-state index in [1.54, 1.807) is 6.20 Å². The molecule has 0 radical (unpaired) electrons. The molecule has 82 valence electrons. The molecule has 0 unspecified atom stereocenters. The van der Waals surface area contributed by atoms with Crippen molar-refractivity contribution in [2.75, 3.05) is 18.0 Å². The van der Waals surface area contributed by atoms with Crippen molar-refractivity contribution in [3.05, 3.63) is 12.4 Å². The van der Waals surface area contributed by atoms with Gasteiger partial charge < -0.3 is 14.8 Å². The van der Waals surface area contributed by atoms with E-state index in [1.807, 2.05) is 24.9 Å². The second-order valence-electron chi connectivity index (χ2n) is 4.06. The van der Waals surface area contributed by atoms with E-state index >= 15 is 0 Å². The highest BCUT2D eigenvalue weighted by molar-refractivity contribution is 5.81. The summed E-state index contributed by atoms with van der Waals surface area (Å²) < 4.78 is 2.06. The standard InChI is InChI=1S/C10H16N4O/c1-8(2)12-9(15)7-14-6-5-13-4-3-11-10(13)14/h3-4,8H,5-7H2,1-2H3,(H,12,15). The van der Waals surface area contributed by atoms with Gasteiger partial charge >= 0.3 is 0 Å². The van der Waals surface area contributed by atoms with Crippen LogP contribution in [0.25, 0.3) is 0 Å². The van der Waals surface area contributed by atoms with E-state index < -0.39 is 0 Å². The molecule has 0 aromatic carbocycles. The largest absolute Gasteiger partial charge is 0.352 e. The van der Waals surface area contributed by atoms with Gasteiger partial charge in [0.2, 0.25) is 11.9 Å². The lowest BCUT2D eigenvalue weighted by Crippen LogP contribution is -2.39. The summed E-state index contributed by atoms with van der Waals surface area (Å²) in [5.74, 6) is 0.954. The van der Waals surface area contributed by atoms with Gasteiger partial charge in [-0.15, -0.1) is 0 Å². The number of nitrogens with one attached hydrogen (secondary N) is 1. The summed E-state index contributed by atoms with van der Waals surface area (Å²) in [5.41, 5.74) is 0. The minimum absolute atomic E-state index is 0.0569. The van der Waals surface area contributed by atoms with Crippen molar-refractivity contribution in [2.24, 2.45) is 0 Å². The van der Waals surface area contributed by atoms with E-state index in [-0.39, 0.29) is 11.9 Å². The van der Waals surface area contributed by atoms with Crippen molar-refractivity contribution in [3.8, 4) is 0 Å². The molecule has 1 aliphatic rings. The van der Waals surface area contributed by atoms with Crippen LogP contribution in [-0.2, 0) is 11.3 Å². The third kappa shape index (κ3) is 2.11. The van der Waals surface area contributed by atoms with Gasteiger partial charge in [-0.05, 0) is 13.8 Å². The lowest BCUT2D eigenvalue weighted by atomic mass is 10.4. The van der Waals surface area contributed by atoms with Gasteiger partial charge in [0, 0.05) is 31.5 Å². The first-order valence-corrected chi connectivity index (χ1v) is 5.22. The van der Waals surface area contributed by atoms with E-state index in [0.29, 0.717) is 6.54 Å². The predicted molar refractivity (Wildman–Crippen MR) is 57.7 cm³/mol. The fourth-order valence-corrected chi connectivity index (χ4v) is 1.78. The van der Waals surface area contributed by atoms with Crippen molar-refractivity contribution >= 4 is 11.9 Å². The number of carbonyl (C=O) groups is 1. The summed E-state index contributed by atoms with van der Waals surface area (Å²) in [5, 5.41) is 2.87. The molecular formula is C10H16N4O. The SMILES string of the molecule is CC(C)NC(=O)CN1CCn2ccnc21. The summed E-state index contributed by atoms with van der Waals surface area (Å²) in [6.07, 6.45) is 3.71. The van der Waals surface area contributed by atoms with Crippen molar-refractivity contribution < 1.29 is 4.79 Å². The van der Waals surface area contributed by atoms with Crippen LogP contribution in [0.4, 0.5) is 5.95 Å². The zero-order chi connectivity index (χ0) is 10.8. The van der Waals surface area contributed by atoms with Crippen LogP contribution in [-0.4, -0.2) is 34.6 Å². The molecule has 0 aliphatic carbocycles. The normalized spacial score (nSPS) is 14.5. The van der Waals surface area contributed by atoms with Crippen LogP contribution >= 0.6 is 0 Å². The van der Waals surface area contributed by atoms with Crippen molar-refractivity contribution in [1.82, 2.24) is 14.9 Å². The maximum Gasteiger partial charge on any atom is 0.239 e. The highest BCUT2D eigenvalue weighted by Crippen LogP contribution is 2.17. The maximum atomic E-state index is 11.6. The molecule has 0 atom stereocenters. The topological polar surface area (TPSA) is 50.2 Å². The smallest absolute Gasteiger partial charge is 0.239 e. The number of fused-ring (bicyclic) bond motifs is 1. The van der Waals surface area contributed by atoms with E-state index in [2.05, 4.69) is 14.9 Å². The first-order valence-electron chi connectivity index (χ1n) is 5.22. The van der Waals surface area contributed by atoms with E-state index in [4.69, 9.17) is 0 Å². The van der Waals surface area contributed by atoms with Gasteiger partial charge in [-0.1, -0.05) is 0 Å². The number of carbonyl (C=O) groups excluding carboxylic acids is 1. The molecule has 5 nitrogen and oxygen atoms in total. The fraction of sp³-hybridized carbons (Fsp3) is 0.600. The van der Waals surface area contributed by atoms with Gasteiger partial charge in [0.25, 0.3) is 0 Å². The van der Waals surface area contributed by atoms with Crippen LogP contribution in [0.2, 0.25) is 0 Å². The third-order valence-corrected chi connectivity index (χ3v) is 2.37. The Hall–Kier alpha value is -1.52. The molecule has 1 aromatic heterocycles. The summed E-state index contributed by atoms with van der Waals surface area (Å²) in [4.78, 5) is 17.8. The molecule has 1 aliphatic heterocycles. The minimum atomic E-state index is 0.0569. The first-order chi connectivity index (χ1) is 7.16. The number of imidazole rings is 1. The Morgan fingerprint density at radius 3 is 3.13 bits per heavy atom. The van der Waals surface area contributed by atoms with Crippen molar-refractivity contribution in [2.45, 2.75) is 26.4 Å². The molecule has 15 heavy (non-hydrogen) atoms. The molecule has 1 amide bonds. The lowest BCUT2D eigenvalue weighted by Gasteiger charge is -2.16. The van der Waals surface area contributed by atoms with Gasteiger partial charge in [0.1, 0.15) is 0 Å². The summed E-state index contributed by atoms with van der Waals surface area (Å²) in [6.45, 7) is 6.11. The zero-order valence-electron chi connectivity index (χ0n) is 9.10. The summed E-state index contributed by atoms with van der Waals surface area (Å²) in [7, 11) is 0. The molecule has 0 saturated carbocycles.